The second-order valence-corrected chi connectivity index (χ2v) is 9.13. The quantitative estimate of drug-likeness (QED) is 0.671. The number of likely N-dealkylation sites (tertiary alicyclic amines) is 1. The van der Waals surface area contributed by atoms with E-state index < -0.39 is 10.1 Å². The summed E-state index contributed by atoms with van der Waals surface area (Å²) in [4.78, 5) is 24.1. The summed E-state index contributed by atoms with van der Waals surface area (Å²) in [5.41, 5.74) is 2.25. The van der Waals surface area contributed by atoms with Gasteiger partial charge in [-0.2, -0.15) is 8.42 Å². The first-order valence-electron chi connectivity index (χ1n) is 9.83. The third-order valence-corrected chi connectivity index (χ3v) is 5.87. The van der Waals surface area contributed by atoms with Crippen LogP contribution in [0.3, 0.4) is 0 Å². The lowest BCUT2D eigenvalue weighted by molar-refractivity contribution is 0.0405. The molecule has 1 aromatic heterocycles. The number of nitrogens with zero attached hydrogens (tertiary/aromatic N) is 3. The van der Waals surface area contributed by atoms with Gasteiger partial charge in [0.25, 0.3) is 16.0 Å². The molecule has 1 aliphatic rings. The number of hydrogen-bond donors (Lipinski definition) is 0. The minimum absolute atomic E-state index is 0.0198. The standard InChI is InChI=1S/C21H27N3O4S/c1-4-19-16(14-28-29(3,26)27)7-5-12-24(19)21(25)18-13-15(2)8-9-17(18)20-22-10-6-11-23-20/h6,8-11,13,16,19H,4-5,7,12,14H2,1-3H3/t16-,19?/m1/s1. The Bertz CT molecular complexity index is 963. The summed E-state index contributed by atoms with van der Waals surface area (Å²) in [5.74, 6) is 0.415. The van der Waals surface area contributed by atoms with E-state index in [1.807, 2.05) is 36.9 Å². The van der Waals surface area contributed by atoms with Crippen LogP contribution in [0, 0.1) is 12.8 Å². The SMILES string of the molecule is CCC1[C@@H](COS(C)(=O)=O)CCCN1C(=O)c1cc(C)ccc1-c1ncccn1. The van der Waals surface area contributed by atoms with Crippen molar-refractivity contribution in [2.75, 3.05) is 19.4 Å². The number of hydrogen-bond acceptors (Lipinski definition) is 6. The van der Waals surface area contributed by atoms with Crippen LogP contribution in [0.5, 0.6) is 0 Å². The zero-order valence-corrected chi connectivity index (χ0v) is 17.9. The molecule has 2 aromatic rings. The molecule has 1 saturated heterocycles. The van der Waals surface area contributed by atoms with Gasteiger partial charge in [-0.05, 0) is 38.3 Å². The van der Waals surface area contributed by atoms with Crippen LogP contribution in [0.1, 0.15) is 42.1 Å². The first-order valence-corrected chi connectivity index (χ1v) is 11.6. The number of piperidine rings is 1. The van der Waals surface area contributed by atoms with Gasteiger partial charge in [-0.1, -0.05) is 24.6 Å². The van der Waals surface area contributed by atoms with Gasteiger partial charge in [-0.15, -0.1) is 0 Å². The summed E-state index contributed by atoms with van der Waals surface area (Å²) in [5, 5.41) is 0. The van der Waals surface area contributed by atoms with Crippen LogP contribution < -0.4 is 0 Å². The molecule has 0 radical (unpaired) electrons. The van der Waals surface area contributed by atoms with Crippen LogP contribution in [0.4, 0.5) is 0 Å². The lowest BCUT2D eigenvalue weighted by Gasteiger charge is -2.41. The van der Waals surface area contributed by atoms with Gasteiger partial charge in [-0.3, -0.25) is 8.98 Å². The Kier molecular flexibility index (Phi) is 6.64. The molecule has 29 heavy (non-hydrogen) atoms. The number of carbonyl (C=O) groups excluding carboxylic acids is 1. The van der Waals surface area contributed by atoms with E-state index in [1.165, 1.54) is 0 Å². The third kappa shape index (κ3) is 5.19. The second-order valence-electron chi connectivity index (χ2n) is 7.49. The van der Waals surface area contributed by atoms with Gasteiger partial charge in [0.1, 0.15) is 0 Å². The van der Waals surface area contributed by atoms with Crippen LogP contribution in [0.25, 0.3) is 11.4 Å². The molecule has 0 N–H and O–H groups in total. The molecule has 2 atom stereocenters. The van der Waals surface area contributed by atoms with Crippen molar-refractivity contribution in [1.82, 2.24) is 14.9 Å². The molecule has 1 fully saturated rings. The largest absolute Gasteiger partial charge is 0.335 e. The molecule has 1 aromatic carbocycles. The third-order valence-electron chi connectivity index (χ3n) is 5.31. The lowest BCUT2D eigenvalue weighted by Crippen LogP contribution is -2.49. The minimum atomic E-state index is -3.51. The van der Waals surface area contributed by atoms with Gasteiger partial charge in [0, 0.05) is 36.5 Å². The molecule has 2 heterocycles. The number of carbonyl (C=O) groups is 1. The van der Waals surface area contributed by atoms with Crippen molar-refractivity contribution in [3.05, 3.63) is 47.8 Å². The lowest BCUT2D eigenvalue weighted by atomic mass is 9.87. The van der Waals surface area contributed by atoms with Crippen molar-refractivity contribution in [2.45, 2.75) is 39.2 Å². The number of aromatic nitrogens is 2. The van der Waals surface area contributed by atoms with Crippen molar-refractivity contribution in [3.63, 3.8) is 0 Å². The van der Waals surface area contributed by atoms with Crippen LogP contribution in [-0.4, -0.2) is 54.6 Å². The Labute approximate surface area is 172 Å². The van der Waals surface area contributed by atoms with Crippen molar-refractivity contribution in [1.29, 1.82) is 0 Å². The van der Waals surface area contributed by atoms with Crippen molar-refractivity contribution >= 4 is 16.0 Å². The molecule has 7 nitrogen and oxygen atoms in total. The monoisotopic (exact) mass is 417 g/mol. The molecule has 8 heteroatoms. The number of benzene rings is 1. The van der Waals surface area contributed by atoms with Gasteiger partial charge in [0.2, 0.25) is 0 Å². The maximum Gasteiger partial charge on any atom is 0.264 e. The molecule has 0 spiro atoms. The van der Waals surface area contributed by atoms with Crippen LogP contribution in [-0.2, 0) is 14.3 Å². The van der Waals surface area contributed by atoms with Crippen molar-refractivity contribution in [3.8, 4) is 11.4 Å². The average molecular weight is 418 g/mol. The molecule has 1 aliphatic heterocycles. The summed E-state index contributed by atoms with van der Waals surface area (Å²) in [6.45, 7) is 4.70. The molecule has 0 aliphatic carbocycles. The fourth-order valence-corrected chi connectivity index (χ4v) is 4.39. The Balaban J connectivity index is 1.92. The topological polar surface area (TPSA) is 89.5 Å². The zero-order valence-electron chi connectivity index (χ0n) is 17.0. The van der Waals surface area contributed by atoms with Crippen molar-refractivity contribution in [2.24, 2.45) is 5.92 Å². The van der Waals surface area contributed by atoms with Crippen molar-refractivity contribution < 1.29 is 17.4 Å². The van der Waals surface area contributed by atoms with Crippen LogP contribution >= 0.6 is 0 Å². The molecule has 1 unspecified atom stereocenters. The van der Waals surface area contributed by atoms with Gasteiger partial charge in [0.05, 0.1) is 18.4 Å². The highest BCUT2D eigenvalue weighted by Gasteiger charge is 2.35. The minimum Gasteiger partial charge on any atom is -0.335 e. The second kappa shape index (κ2) is 9.00. The molecular formula is C21H27N3O4S. The summed E-state index contributed by atoms with van der Waals surface area (Å²) < 4.78 is 27.9. The fourth-order valence-electron chi connectivity index (χ4n) is 3.97. The van der Waals surface area contributed by atoms with Crippen LogP contribution in [0.15, 0.2) is 36.7 Å². The number of aryl methyl sites for hydroxylation is 1. The van der Waals surface area contributed by atoms with Crippen LogP contribution in [0.2, 0.25) is 0 Å². The Morgan fingerprint density at radius 3 is 2.66 bits per heavy atom. The normalized spacial score (nSPS) is 19.9. The van der Waals surface area contributed by atoms with E-state index in [0.717, 1.165) is 31.1 Å². The number of rotatable bonds is 6. The number of amides is 1. The molecular weight excluding hydrogens is 390 g/mol. The zero-order chi connectivity index (χ0) is 21.0. The van der Waals surface area contributed by atoms with E-state index in [1.54, 1.807) is 18.5 Å². The summed E-state index contributed by atoms with van der Waals surface area (Å²) >= 11 is 0. The highest BCUT2D eigenvalue weighted by atomic mass is 32.2. The first kappa shape index (κ1) is 21.4. The molecule has 3 rings (SSSR count). The maximum absolute atomic E-state index is 13.6. The average Bonchev–Trinajstić information content (AvgIpc) is 2.71. The smallest absolute Gasteiger partial charge is 0.264 e. The predicted molar refractivity (Wildman–Crippen MR) is 111 cm³/mol. The summed E-state index contributed by atoms with van der Waals surface area (Å²) in [6.07, 6.45) is 6.74. The van der Waals surface area contributed by atoms with E-state index in [0.29, 0.717) is 23.5 Å². The van der Waals surface area contributed by atoms with E-state index >= 15 is 0 Å². The van der Waals surface area contributed by atoms with Gasteiger partial charge in [0.15, 0.2) is 5.82 Å². The molecule has 0 saturated carbocycles. The Hall–Kier alpha value is -2.32. The molecule has 156 valence electrons. The van der Waals surface area contributed by atoms with E-state index in [9.17, 15) is 13.2 Å². The highest BCUT2D eigenvalue weighted by molar-refractivity contribution is 7.85. The van der Waals surface area contributed by atoms with Gasteiger partial charge < -0.3 is 4.90 Å². The van der Waals surface area contributed by atoms with E-state index in [-0.39, 0.29) is 24.5 Å². The maximum atomic E-state index is 13.6. The molecule has 0 bridgehead atoms. The van der Waals surface area contributed by atoms with E-state index in [4.69, 9.17) is 4.18 Å². The van der Waals surface area contributed by atoms with E-state index in [2.05, 4.69) is 9.97 Å². The fraction of sp³-hybridized carbons (Fsp3) is 0.476. The first-order chi connectivity index (χ1) is 13.8. The summed E-state index contributed by atoms with van der Waals surface area (Å²) in [7, 11) is -3.51. The summed E-state index contributed by atoms with van der Waals surface area (Å²) in [6, 6.07) is 7.36. The highest BCUT2D eigenvalue weighted by Crippen LogP contribution is 2.30. The Morgan fingerprint density at radius 2 is 2.00 bits per heavy atom. The molecule has 1 amide bonds. The van der Waals surface area contributed by atoms with Gasteiger partial charge in [-0.25, -0.2) is 9.97 Å². The van der Waals surface area contributed by atoms with Gasteiger partial charge >= 0.3 is 0 Å². The predicted octanol–water partition coefficient (Wildman–Crippen LogP) is 3.06. The Morgan fingerprint density at radius 1 is 1.28 bits per heavy atom.